The van der Waals surface area contributed by atoms with E-state index >= 15 is 0 Å². The van der Waals surface area contributed by atoms with Crippen molar-refractivity contribution in [3.8, 4) is 10.6 Å². The Bertz CT molecular complexity index is 1150. The van der Waals surface area contributed by atoms with E-state index in [9.17, 15) is 9.59 Å². The maximum absolute atomic E-state index is 13.0. The Kier molecular flexibility index (Phi) is 7.57. The number of amides is 2. The number of thiazole rings is 1. The highest BCUT2D eigenvalue weighted by Gasteiger charge is 2.22. The zero-order valence-electron chi connectivity index (χ0n) is 17.7. The van der Waals surface area contributed by atoms with Crippen molar-refractivity contribution in [2.75, 3.05) is 11.9 Å². The van der Waals surface area contributed by atoms with Gasteiger partial charge in [-0.3, -0.25) is 9.59 Å². The SMILES string of the molecule is O=C(Cc1cnc[nH]1)N[C@@H](COCc1ccccc1)C(=O)Nc1ccc(-c2nccs2)cc1. The first-order chi connectivity index (χ1) is 16.2. The lowest BCUT2D eigenvalue weighted by Crippen LogP contribution is -2.47. The Morgan fingerprint density at radius 3 is 2.61 bits per heavy atom. The van der Waals surface area contributed by atoms with Crippen LogP contribution in [0.3, 0.4) is 0 Å². The molecular weight excluding hydrogens is 438 g/mol. The summed E-state index contributed by atoms with van der Waals surface area (Å²) < 4.78 is 5.74. The summed E-state index contributed by atoms with van der Waals surface area (Å²) in [6, 6.07) is 16.2. The molecule has 0 saturated heterocycles. The minimum absolute atomic E-state index is 0.0344. The average molecular weight is 462 g/mol. The van der Waals surface area contributed by atoms with E-state index in [4.69, 9.17) is 4.74 Å². The number of aromatic amines is 1. The number of carbonyl (C=O) groups is 2. The Balaban J connectivity index is 1.39. The molecule has 0 unspecified atom stereocenters. The van der Waals surface area contributed by atoms with Gasteiger partial charge in [-0.15, -0.1) is 11.3 Å². The normalized spacial score (nSPS) is 11.6. The minimum Gasteiger partial charge on any atom is -0.374 e. The quantitative estimate of drug-likeness (QED) is 0.335. The molecule has 8 nitrogen and oxygen atoms in total. The summed E-state index contributed by atoms with van der Waals surface area (Å²) in [6.07, 6.45) is 4.92. The lowest BCUT2D eigenvalue weighted by molar-refractivity contribution is -0.127. The van der Waals surface area contributed by atoms with Gasteiger partial charge in [-0.25, -0.2) is 9.97 Å². The predicted octanol–water partition coefficient (Wildman–Crippen LogP) is 3.42. The molecule has 3 N–H and O–H groups in total. The highest BCUT2D eigenvalue weighted by Crippen LogP contribution is 2.23. The molecule has 0 fully saturated rings. The maximum atomic E-state index is 13.0. The molecule has 0 aliphatic heterocycles. The number of aromatic nitrogens is 3. The fourth-order valence-corrected chi connectivity index (χ4v) is 3.79. The number of ether oxygens (including phenoxy) is 1. The van der Waals surface area contributed by atoms with Crippen molar-refractivity contribution in [1.82, 2.24) is 20.3 Å². The van der Waals surface area contributed by atoms with Crippen LogP contribution in [0.25, 0.3) is 10.6 Å². The van der Waals surface area contributed by atoms with Crippen LogP contribution in [0.15, 0.2) is 78.7 Å². The van der Waals surface area contributed by atoms with Crippen LogP contribution < -0.4 is 10.6 Å². The third-order valence-electron chi connectivity index (χ3n) is 4.79. The van der Waals surface area contributed by atoms with Gasteiger partial charge in [0.2, 0.25) is 11.8 Å². The number of rotatable bonds is 10. The first kappa shape index (κ1) is 22.4. The van der Waals surface area contributed by atoms with E-state index in [1.165, 1.54) is 6.33 Å². The maximum Gasteiger partial charge on any atom is 0.249 e. The van der Waals surface area contributed by atoms with Gasteiger partial charge in [0.15, 0.2) is 0 Å². The summed E-state index contributed by atoms with van der Waals surface area (Å²) >= 11 is 1.55. The number of carbonyl (C=O) groups excluding carboxylic acids is 2. The van der Waals surface area contributed by atoms with Gasteiger partial charge >= 0.3 is 0 Å². The largest absolute Gasteiger partial charge is 0.374 e. The average Bonchev–Trinajstić information content (AvgIpc) is 3.54. The third-order valence-corrected chi connectivity index (χ3v) is 5.61. The molecular formula is C24H23N5O3S. The molecule has 0 radical (unpaired) electrons. The van der Waals surface area contributed by atoms with Gasteiger partial charge in [-0.05, 0) is 29.8 Å². The molecule has 0 spiro atoms. The van der Waals surface area contributed by atoms with Crippen molar-refractivity contribution in [3.63, 3.8) is 0 Å². The van der Waals surface area contributed by atoms with E-state index in [1.807, 2.05) is 60.0 Å². The number of imidazole rings is 1. The van der Waals surface area contributed by atoms with E-state index in [0.717, 1.165) is 16.1 Å². The second kappa shape index (κ2) is 11.2. The van der Waals surface area contributed by atoms with Crippen molar-refractivity contribution < 1.29 is 14.3 Å². The van der Waals surface area contributed by atoms with E-state index < -0.39 is 6.04 Å². The van der Waals surface area contributed by atoms with Gasteiger partial charge in [-0.1, -0.05) is 30.3 Å². The van der Waals surface area contributed by atoms with Gasteiger partial charge in [0.25, 0.3) is 0 Å². The smallest absolute Gasteiger partial charge is 0.249 e. The standard InChI is InChI=1S/C24H23N5O3S/c30-22(12-20-13-25-16-27-20)29-21(15-32-14-17-4-2-1-3-5-17)23(31)28-19-8-6-18(7-9-19)24-26-10-11-33-24/h1-11,13,16,21H,12,14-15H2,(H,25,27)(H,28,31)(H,29,30)/t21-/m0/s1. The summed E-state index contributed by atoms with van der Waals surface area (Å²) in [5.74, 6) is -0.662. The highest BCUT2D eigenvalue weighted by atomic mass is 32.1. The van der Waals surface area contributed by atoms with Gasteiger partial charge in [0, 0.05) is 34.7 Å². The Labute approximate surface area is 195 Å². The number of anilines is 1. The fourth-order valence-electron chi connectivity index (χ4n) is 3.14. The lowest BCUT2D eigenvalue weighted by atomic mass is 10.2. The topological polar surface area (TPSA) is 109 Å². The van der Waals surface area contributed by atoms with Crippen LogP contribution in [0, 0.1) is 0 Å². The number of nitrogens with one attached hydrogen (secondary N) is 3. The molecule has 4 aromatic rings. The monoisotopic (exact) mass is 461 g/mol. The molecule has 9 heteroatoms. The zero-order valence-corrected chi connectivity index (χ0v) is 18.5. The first-order valence-corrected chi connectivity index (χ1v) is 11.2. The summed E-state index contributed by atoms with van der Waals surface area (Å²) in [7, 11) is 0. The number of hydrogen-bond donors (Lipinski definition) is 3. The van der Waals surface area contributed by atoms with Gasteiger partial charge in [0.05, 0.1) is 26.0 Å². The molecule has 0 aliphatic carbocycles. The van der Waals surface area contributed by atoms with E-state index in [2.05, 4.69) is 25.6 Å². The fraction of sp³-hybridized carbons (Fsp3) is 0.167. The van der Waals surface area contributed by atoms with E-state index in [1.54, 1.807) is 23.7 Å². The second-order valence-electron chi connectivity index (χ2n) is 7.28. The van der Waals surface area contributed by atoms with Crippen molar-refractivity contribution in [1.29, 1.82) is 0 Å². The van der Waals surface area contributed by atoms with Crippen LogP contribution in [0.2, 0.25) is 0 Å². The Hall–Kier alpha value is -3.82. The van der Waals surface area contributed by atoms with Crippen molar-refractivity contribution >= 4 is 28.8 Å². The predicted molar refractivity (Wildman–Crippen MR) is 127 cm³/mol. The molecule has 2 heterocycles. The molecule has 1 atom stereocenters. The Morgan fingerprint density at radius 2 is 1.91 bits per heavy atom. The number of nitrogens with zero attached hydrogens (tertiary/aromatic N) is 2. The summed E-state index contributed by atoms with van der Waals surface area (Å²) in [6.45, 7) is 0.371. The molecule has 168 valence electrons. The summed E-state index contributed by atoms with van der Waals surface area (Å²) in [5, 5.41) is 8.44. The Morgan fingerprint density at radius 1 is 1.09 bits per heavy atom. The molecule has 2 amide bonds. The second-order valence-corrected chi connectivity index (χ2v) is 8.17. The van der Waals surface area contributed by atoms with Gasteiger partial charge in [-0.2, -0.15) is 0 Å². The van der Waals surface area contributed by atoms with Crippen molar-refractivity contribution in [2.45, 2.75) is 19.1 Å². The van der Waals surface area contributed by atoms with Crippen LogP contribution in [-0.4, -0.2) is 39.4 Å². The number of H-pyrrole nitrogens is 1. The molecule has 33 heavy (non-hydrogen) atoms. The summed E-state index contributed by atoms with van der Waals surface area (Å²) in [4.78, 5) is 36.5. The molecule has 2 aromatic carbocycles. The molecule has 4 rings (SSSR count). The molecule has 0 aliphatic rings. The first-order valence-electron chi connectivity index (χ1n) is 10.4. The van der Waals surface area contributed by atoms with Crippen LogP contribution in [0.5, 0.6) is 0 Å². The van der Waals surface area contributed by atoms with Crippen LogP contribution in [0.4, 0.5) is 5.69 Å². The number of hydrogen-bond acceptors (Lipinski definition) is 6. The summed E-state index contributed by atoms with van der Waals surface area (Å²) in [5.41, 5.74) is 3.24. The minimum atomic E-state index is -0.859. The van der Waals surface area contributed by atoms with Crippen LogP contribution in [0.1, 0.15) is 11.3 Å². The van der Waals surface area contributed by atoms with Crippen LogP contribution in [-0.2, 0) is 27.4 Å². The highest BCUT2D eigenvalue weighted by molar-refractivity contribution is 7.13. The molecule has 2 aromatic heterocycles. The zero-order chi connectivity index (χ0) is 22.9. The van der Waals surface area contributed by atoms with Crippen LogP contribution >= 0.6 is 11.3 Å². The van der Waals surface area contributed by atoms with Gasteiger partial charge < -0.3 is 20.4 Å². The van der Waals surface area contributed by atoms with E-state index in [0.29, 0.717) is 18.0 Å². The molecule has 0 saturated carbocycles. The molecule has 0 bridgehead atoms. The van der Waals surface area contributed by atoms with Crippen molar-refractivity contribution in [2.24, 2.45) is 0 Å². The number of benzene rings is 2. The third kappa shape index (κ3) is 6.58. The lowest BCUT2D eigenvalue weighted by Gasteiger charge is -2.19. The van der Waals surface area contributed by atoms with Crippen molar-refractivity contribution in [3.05, 3.63) is 90.0 Å². The van der Waals surface area contributed by atoms with Gasteiger partial charge in [0.1, 0.15) is 11.0 Å². The van der Waals surface area contributed by atoms with E-state index in [-0.39, 0.29) is 24.8 Å².